The summed E-state index contributed by atoms with van der Waals surface area (Å²) >= 11 is 0. The summed E-state index contributed by atoms with van der Waals surface area (Å²) in [5.74, 6) is 0.972. The van der Waals surface area contributed by atoms with Gasteiger partial charge in [-0.15, -0.1) is 0 Å². The Morgan fingerprint density at radius 3 is 2.59 bits per heavy atom. The van der Waals surface area contributed by atoms with Crippen molar-refractivity contribution in [2.24, 2.45) is 7.05 Å². The average Bonchev–Trinajstić information content (AvgIpc) is 3.10. The van der Waals surface area contributed by atoms with Crippen molar-refractivity contribution in [2.75, 3.05) is 13.1 Å². The molecule has 148 valence electrons. The Morgan fingerprint density at radius 1 is 1.22 bits per heavy atom. The van der Waals surface area contributed by atoms with E-state index < -0.39 is 0 Å². The first-order valence-corrected chi connectivity index (χ1v) is 9.81. The molecule has 0 aliphatic carbocycles. The van der Waals surface area contributed by atoms with E-state index in [0.29, 0.717) is 13.1 Å². The molecule has 0 saturated carbocycles. The first-order chi connectivity index (χ1) is 12.9. The minimum Gasteiger partial charge on any atom is -0.340 e. The van der Waals surface area contributed by atoms with Crippen molar-refractivity contribution in [1.29, 1.82) is 0 Å². The zero-order valence-corrected chi connectivity index (χ0v) is 17.0. The second-order valence-corrected chi connectivity index (χ2v) is 7.35. The maximum Gasteiger partial charge on any atom is 0.345 e. The van der Waals surface area contributed by atoms with Crippen molar-refractivity contribution in [3.8, 4) is 0 Å². The highest BCUT2D eigenvalue weighted by Gasteiger charge is 2.29. The number of hydrogen-bond acceptors (Lipinski definition) is 4. The summed E-state index contributed by atoms with van der Waals surface area (Å²) in [5, 5.41) is 8.98. The normalized spacial score (nSPS) is 17.5. The molecule has 1 amide bonds. The highest BCUT2D eigenvalue weighted by atomic mass is 16.2. The van der Waals surface area contributed by atoms with Crippen LogP contribution in [0.4, 0.5) is 0 Å². The van der Waals surface area contributed by atoms with E-state index in [4.69, 9.17) is 0 Å². The maximum absolute atomic E-state index is 12.9. The Hall–Kier alpha value is -2.38. The highest BCUT2D eigenvalue weighted by molar-refractivity contribution is 5.76. The summed E-state index contributed by atoms with van der Waals surface area (Å²) in [6.45, 7) is 10.3. The molecule has 1 aliphatic heterocycles. The third kappa shape index (κ3) is 3.57. The molecule has 2 aromatic heterocycles. The van der Waals surface area contributed by atoms with Gasteiger partial charge >= 0.3 is 5.69 Å². The van der Waals surface area contributed by atoms with Gasteiger partial charge in [0.15, 0.2) is 0 Å². The molecule has 3 rings (SSSR count). The molecule has 1 fully saturated rings. The predicted octanol–water partition coefficient (Wildman–Crippen LogP) is 1.38. The highest BCUT2D eigenvalue weighted by Crippen LogP contribution is 2.25. The van der Waals surface area contributed by atoms with Crippen LogP contribution < -0.4 is 5.69 Å². The molecule has 0 radical (unpaired) electrons. The molecule has 0 bridgehead atoms. The van der Waals surface area contributed by atoms with Gasteiger partial charge in [0.1, 0.15) is 12.4 Å². The molecule has 0 N–H and O–H groups in total. The topological polar surface area (TPSA) is 78.0 Å². The monoisotopic (exact) mass is 374 g/mol. The second-order valence-electron chi connectivity index (χ2n) is 7.35. The van der Waals surface area contributed by atoms with Crippen LogP contribution in [0.25, 0.3) is 0 Å². The predicted molar refractivity (Wildman–Crippen MR) is 103 cm³/mol. The maximum atomic E-state index is 12.9. The molecule has 0 spiro atoms. The zero-order chi connectivity index (χ0) is 19.7. The molecule has 8 heteroatoms. The third-order valence-corrected chi connectivity index (χ3v) is 5.66. The summed E-state index contributed by atoms with van der Waals surface area (Å²) in [7, 11) is 1.68. The number of rotatable bonds is 5. The summed E-state index contributed by atoms with van der Waals surface area (Å²) in [6, 6.07) is 0. The average molecular weight is 374 g/mol. The summed E-state index contributed by atoms with van der Waals surface area (Å²) < 4.78 is 4.93. The molecule has 8 nitrogen and oxygen atoms in total. The van der Waals surface area contributed by atoms with Gasteiger partial charge < -0.3 is 4.90 Å². The molecular weight excluding hydrogens is 344 g/mol. The molecule has 0 unspecified atom stereocenters. The van der Waals surface area contributed by atoms with E-state index in [-0.39, 0.29) is 24.1 Å². The van der Waals surface area contributed by atoms with E-state index in [1.807, 2.05) is 30.4 Å². The van der Waals surface area contributed by atoms with Crippen LogP contribution in [0.15, 0.2) is 4.79 Å². The number of aryl methyl sites for hydroxylation is 2. The quantitative estimate of drug-likeness (QED) is 0.792. The second kappa shape index (κ2) is 7.70. The van der Waals surface area contributed by atoms with Gasteiger partial charge in [0, 0.05) is 38.3 Å². The Kier molecular flexibility index (Phi) is 5.53. The van der Waals surface area contributed by atoms with E-state index >= 15 is 0 Å². The SMILES string of the molecule is CCc1c(C)nn(CC(=O)N2CCC[C@H](c3nn(C)c(=O)n3CC)C2)c1C. The number of carbonyl (C=O) groups excluding carboxylic acids is 1. The standard InChI is InChI=1S/C19H30N6O2/c1-6-16-13(3)20-25(14(16)4)12-17(26)23-10-8-9-15(11-23)18-21-22(5)19(27)24(18)7-2/h15H,6-12H2,1-5H3/t15-/m0/s1. The van der Waals surface area contributed by atoms with E-state index in [9.17, 15) is 9.59 Å². The van der Waals surface area contributed by atoms with Crippen molar-refractivity contribution >= 4 is 5.91 Å². The number of nitrogens with zero attached hydrogens (tertiary/aromatic N) is 6. The molecule has 1 saturated heterocycles. The van der Waals surface area contributed by atoms with E-state index in [1.165, 1.54) is 10.2 Å². The summed E-state index contributed by atoms with van der Waals surface area (Å²) in [5.41, 5.74) is 3.20. The fraction of sp³-hybridized carbons (Fsp3) is 0.684. The Morgan fingerprint density at radius 2 is 1.96 bits per heavy atom. The van der Waals surface area contributed by atoms with Crippen molar-refractivity contribution in [1.82, 2.24) is 29.0 Å². The van der Waals surface area contributed by atoms with Crippen molar-refractivity contribution < 1.29 is 4.79 Å². The van der Waals surface area contributed by atoms with Crippen LogP contribution in [-0.4, -0.2) is 48.0 Å². The van der Waals surface area contributed by atoms with Gasteiger partial charge in [-0.2, -0.15) is 10.2 Å². The number of hydrogen-bond donors (Lipinski definition) is 0. The smallest absolute Gasteiger partial charge is 0.340 e. The van der Waals surface area contributed by atoms with Crippen LogP contribution in [0, 0.1) is 13.8 Å². The fourth-order valence-electron chi connectivity index (χ4n) is 4.16. The molecule has 0 aromatic carbocycles. The summed E-state index contributed by atoms with van der Waals surface area (Å²) in [4.78, 5) is 27.0. The number of likely N-dealkylation sites (tertiary alicyclic amines) is 1. The lowest BCUT2D eigenvalue weighted by molar-refractivity contribution is -0.133. The van der Waals surface area contributed by atoms with Gasteiger partial charge in [-0.25, -0.2) is 9.48 Å². The lowest BCUT2D eigenvalue weighted by Crippen LogP contribution is -2.41. The first kappa shape index (κ1) is 19.4. The van der Waals surface area contributed by atoms with Crippen LogP contribution in [0.2, 0.25) is 0 Å². The molecule has 1 aliphatic rings. The number of piperidine rings is 1. The number of aromatic nitrogens is 5. The van der Waals surface area contributed by atoms with E-state index in [1.54, 1.807) is 11.6 Å². The molecule has 27 heavy (non-hydrogen) atoms. The Labute approximate surface area is 159 Å². The minimum absolute atomic E-state index is 0.0780. The number of amides is 1. The van der Waals surface area contributed by atoms with Crippen LogP contribution in [0.1, 0.15) is 55.4 Å². The van der Waals surface area contributed by atoms with Crippen LogP contribution in [0.5, 0.6) is 0 Å². The molecule has 3 heterocycles. The first-order valence-electron chi connectivity index (χ1n) is 9.81. The van der Waals surface area contributed by atoms with Gasteiger partial charge in [-0.1, -0.05) is 6.92 Å². The van der Waals surface area contributed by atoms with Gasteiger partial charge in [-0.05, 0) is 45.6 Å². The van der Waals surface area contributed by atoms with Crippen molar-refractivity contribution in [3.05, 3.63) is 33.3 Å². The van der Waals surface area contributed by atoms with Gasteiger partial charge in [0.25, 0.3) is 0 Å². The largest absolute Gasteiger partial charge is 0.345 e. The number of carbonyl (C=O) groups is 1. The van der Waals surface area contributed by atoms with Gasteiger partial charge in [-0.3, -0.25) is 14.0 Å². The van der Waals surface area contributed by atoms with Crippen molar-refractivity contribution in [2.45, 2.75) is 66.0 Å². The Balaban J connectivity index is 1.76. The fourth-order valence-corrected chi connectivity index (χ4v) is 4.16. The van der Waals surface area contributed by atoms with Crippen molar-refractivity contribution in [3.63, 3.8) is 0 Å². The van der Waals surface area contributed by atoms with Gasteiger partial charge in [0.05, 0.1) is 5.69 Å². The van der Waals surface area contributed by atoms with Crippen LogP contribution in [-0.2, 0) is 31.4 Å². The lowest BCUT2D eigenvalue weighted by atomic mass is 9.97. The molecule has 1 atom stereocenters. The lowest BCUT2D eigenvalue weighted by Gasteiger charge is -2.32. The third-order valence-electron chi connectivity index (χ3n) is 5.66. The minimum atomic E-state index is -0.0920. The molecule has 2 aromatic rings. The van der Waals surface area contributed by atoms with Crippen LogP contribution >= 0.6 is 0 Å². The van der Waals surface area contributed by atoms with E-state index in [2.05, 4.69) is 17.1 Å². The van der Waals surface area contributed by atoms with Gasteiger partial charge in [0.2, 0.25) is 5.91 Å². The molecular formula is C19H30N6O2. The van der Waals surface area contributed by atoms with Crippen LogP contribution in [0.3, 0.4) is 0 Å². The zero-order valence-electron chi connectivity index (χ0n) is 17.0. The summed E-state index contributed by atoms with van der Waals surface area (Å²) in [6.07, 6.45) is 2.79. The Bertz CT molecular complexity index is 891. The van der Waals surface area contributed by atoms with E-state index in [0.717, 1.165) is 43.0 Å².